The van der Waals surface area contributed by atoms with Crippen molar-refractivity contribution in [2.75, 3.05) is 31.1 Å². The molecule has 2 aromatic rings. The van der Waals surface area contributed by atoms with Crippen molar-refractivity contribution in [2.24, 2.45) is 5.16 Å². The molecule has 0 N–H and O–H groups in total. The average molecular weight is 390 g/mol. The molecule has 0 saturated heterocycles. The lowest BCUT2D eigenvalue weighted by Gasteiger charge is -2.26. The van der Waals surface area contributed by atoms with Crippen LogP contribution in [0.4, 0.5) is 5.69 Å². The van der Waals surface area contributed by atoms with Crippen molar-refractivity contribution < 1.29 is 14.4 Å². The molecule has 0 aromatic heterocycles. The molecular weight excluding hydrogens is 368 g/mol. The number of benzene rings is 2. The smallest absolute Gasteiger partial charge is 0.269 e. The minimum Gasteiger partial charge on any atom is -0.384 e. The molecule has 3 rings (SSSR count). The van der Waals surface area contributed by atoms with E-state index in [4.69, 9.17) is 10.1 Å². The molecule has 148 valence electrons. The van der Waals surface area contributed by atoms with Crippen molar-refractivity contribution in [3.63, 3.8) is 0 Å². The van der Waals surface area contributed by atoms with Gasteiger partial charge in [0.1, 0.15) is 0 Å². The normalized spacial score (nSPS) is 13.3. The van der Waals surface area contributed by atoms with Crippen LogP contribution in [0.2, 0.25) is 0 Å². The van der Waals surface area contributed by atoms with Crippen LogP contribution >= 0.6 is 0 Å². The summed E-state index contributed by atoms with van der Waals surface area (Å²) in [5, 5.41) is 13.1. The molecule has 0 atom stereocenters. The third-order valence-corrected chi connectivity index (χ3v) is 4.77. The van der Waals surface area contributed by atoms with Gasteiger partial charge in [-0.2, -0.15) is 5.26 Å². The van der Waals surface area contributed by atoms with Crippen molar-refractivity contribution in [1.82, 2.24) is 4.90 Å². The summed E-state index contributed by atoms with van der Waals surface area (Å²) in [6.07, 6.45) is 0. The third kappa shape index (κ3) is 4.43. The number of oxime groups is 1. The molecule has 0 fully saturated rings. The van der Waals surface area contributed by atoms with Gasteiger partial charge >= 0.3 is 0 Å². The summed E-state index contributed by atoms with van der Waals surface area (Å²) in [6.45, 7) is 5.54. The van der Waals surface area contributed by atoms with Crippen molar-refractivity contribution >= 4 is 23.2 Å². The van der Waals surface area contributed by atoms with Gasteiger partial charge in [-0.05, 0) is 50.2 Å². The zero-order chi connectivity index (χ0) is 20.8. The SMILES string of the molecule is CCN(CC)c1ccc(C(=O)CN2C(=O)CON=C2c2cccc(C#N)c2)cc1. The molecule has 0 unspecified atom stereocenters. The maximum atomic E-state index is 12.8. The van der Waals surface area contributed by atoms with Gasteiger partial charge < -0.3 is 9.74 Å². The molecule has 0 bridgehead atoms. The van der Waals surface area contributed by atoms with Crippen molar-refractivity contribution in [3.8, 4) is 6.07 Å². The highest BCUT2D eigenvalue weighted by molar-refractivity contribution is 6.12. The number of hydrogen-bond donors (Lipinski definition) is 0. The highest BCUT2D eigenvalue weighted by Crippen LogP contribution is 2.17. The van der Waals surface area contributed by atoms with Crippen LogP contribution < -0.4 is 4.90 Å². The van der Waals surface area contributed by atoms with Crippen LogP contribution in [0.3, 0.4) is 0 Å². The van der Waals surface area contributed by atoms with Crippen LogP contribution in [0.15, 0.2) is 53.7 Å². The highest BCUT2D eigenvalue weighted by atomic mass is 16.6. The van der Waals surface area contributed by atoms with Gasteiger partial charge in [0, 0.05) is 29.9 Å². The first-order chi connectivity index (χ1) is 14.1. The molecule has 1 amide bonds. The molecule has 1 aliphatic rings. The van der Waals surface area contributed by atoms with E-state index >= 15 is 0 Å². The van der Waals surface area contributed by atoms with Crippen LogP contribution in [-0.2, 0) is 9.63 Å². The number of Topliss-reactive ketones (excluding diaryl/α,β-unsaturated/α-hetero) is 1. The first-order valence-corrected chi connectivity index (χ1v) is 9.46. The first kappa shape index (κ1) is 20.1. The Morgan fingerprint density at radius 1 is 1.21 bits per heavy atom. The molecule has 0 aliphatic carbocycles. The zero-order valence-electron chi connectivity index (χ0n) is 16.5. The standard InChI is InChI=1S/C22H22N4O3/c1-3-25(4-2)19-10-8-17(9-11-19)20(27)14-26-21(28)15-29-24-22(26)18-7-5-6-16(12-18)13-23/h5-12H,3-4,14-15H2,1-2H3. The lowest BCUT2D eigenvalue weighted by Crippen LogP contribution is -2.45. The highest BCUT2D eigenvalue weighted by Gasteiger charge is 2.28. The van der Waals surface area contributed by atoms with E-state index in [9.17, 15) is 9.59 Å². The molecular formula is C22H22N4O3. The van der Waals surface area contributed by atoms with Crippen LogP contribution in [0.5, 0.6) is 0 Å². The van der Waals surface area contributed by atoms with Crippen LogP contribution in [-0.4, -0.2) is 48.7 Å². The number of rotatable bonds is 7. The van der Waals surface area contributed by atoms with Crippen LogP contribution in [0.25, 0.3) is 0 Å². The summed E-state index contributed by atoms with van der Waals surface area (Å²) >= 11 is 0. The van der Waals surface area contributed by atoms with E-state index in [2.05, 4.69) is 30.0 Å². The molecule has 1 aliphatic heterocycles. The molecule has 2 aromatic carbocycles. The minimum atomic E-state index is -0.356. The molecule has 0 spiro atoms. The van der Waals surface area contributed by atoms with E-state index in [1.54, 1.807) is 36.4 Å². The van der Waals surface area contributed by atoms with Gasteiger partial charge in [-0.1, -0.05) is 17.3 Å². The number of carbonyl (C=O) groups excluding carboxylic acids is 2. The Morgan fingerprint density at radius 3 is 2.59 bits per heavy atom. The number of ketones is 1. The predicted octanol–water partition coefficient (Wildman–Crippen LogP) is 2.81. The summed E-state index contributed by atoms with van der Waals surface area (Å²) in [5.74, 6) is -0.326. The van der Waals surface area contributed by atoms with E-state index < -0.39 is 0 Å². The second kappa shape index (κ2) is 9.02. The van der Waals surface area contributed by atoms with Gasteiger partial charge in [-0.3, -0.25) is 14.5 Å². The summed E-state index contributed by atoms with van der Waals surface area (Å²) < 4.78 is 0. The monoisotopic (exact) mass is 390 g/mol. The van der Waals surface area contributed by atoms with E-state index in [0.717, 1.165) is 18.8 Å². The summed E-state index contributed by atoms with van der Waals surface area (Å²) in [5.41, 5.74) is 2.54. The van der Waals surface area contributed by atoms with Crippen molar-refractivity contribution in [1.29, 1.82) is 5.26 Å². The number of hydrogen-bond acceptors (Lipinski definition) is 6. The van der Waals surface area contributed by atoms with Gasteiger partial charge in [-0.15, -0.1) is 0 Å². The predicted molar refractivity (Wildman–Crippen MR) is 110 cm³/mol. The topological polar surface area (TPSA) is 86.0 Å². The van der Waals surface area contributed by atoms with Gasteiger partial charge in [0.25, 0.3) is 5.91 Å². The Balaban J connectivity index is 1.82. The van der Waals surface area contributed by atoms with Gasteiger partial charge in [-0.25, -0.2) is 0 Å². The quantitative estimate of drug-likeness (QED) is 0.679. The van der Waals surface area contributed by atoms with Crippen LogP contribution in [0.1, 0.15) is 35.3 Å². The van der Waals surface area contributed by atoms with Gasteiger partial charge in [0.05, 0.1) is 18.2 Å². The Morgan fingerprint density at radius 2 is 1.93 bits per heavy atom. The Hall–Kier alpha value is -3.66. The Kier molecular flexibility index (Phi) is 6.25. The molecule has 0 saturated carbocycles. The molecule has 7 heteroatoms. The largest absolute Gasteiger partial charge is 0.384 e. The number of nitriles is 1. The lowest BCUT2D eigenvalue weighted by atomic mass is 10.1. The summed E-state index contributed by atoms with van der Waals surface area (Å²) in [4.78, 5) is 33.7. The van der Waals surface area contributed by atoms with Gasteiger partial charge in [0.15, 0.2) is 18.2 Å². The lowest BCUT2D eigenvalue weighted by molar-refractivity contribution is -0.134. The van der Waals surface area contributed by atoms with E-state index in [-0.39, 0.29) is 30.7 Å². The fourth-order valence-electron chi connectivity index (χ4n) is 3.18. The maximum Gasteiger partial charge on any atom is 0.269 e. The third-order valence-electron chi connectivity index (χ3n) is 4.77. The number of carbonyl (C=O) groups is 2. The average Bonchev–Trinajstić information content (AvgIpc) is 2.76. The number of nitrogens with zero attached hydrogens (tertiary/aromatic N) is 4. The Bertz CT molecular complexity index is 972. The van der Waals surface area contributed by atoms with Crippen LogP contribution in [0, 0.1) is 11.3 Å². The first-order valence-electron chi connectivity index (χ1n) is 9.46. The minimum absolute atomic E-state index is 0.150. The second-order valence-corrected chi connectivity index (χ2v) is 6.50. The molecule has 7 nitrogen and oxygen atoms in total. The van der Waals surface area contributed by atoms with E-state index in [1.807, 2.05) is 12.1 Å². The number of anilines is 1. The summed E-state index contributed by atoms with van der Waals surface area (Å²) in [6, 6.07) is 16.1. The molecule has 1 heterocycles. The zero-order valence-corrected chi connectivity index (χ0v) is 16.5. The van der Waals surface area contributed by atoms with E-state index in [1.165, 1.54) is 4.90 Å². The second-order valence-electron chi connectivity index (χ2n) is 6.50. The molecule has 29 heavy (non-hydrogen) atoms. The Labute approximate surface area is 169 Å². The number of amidine groups is 1. The van der Waals surface area contributed by atoms with Crippen molar-refractivity contribution in [3.05, 3.63) is 65.2 Å². The van der Waals surface area contributed by atoms with Gasteiger partial charge in [0.2, 0.25) is 0 Å². The van der Waals surface area contributed by atoms with Crippen molar-refractivity contribution in [2.45, 2.75) is 13.8 Å². The summed E-state index contributed by atoms with van der Waals surface area (Å²) in [7, 11) is 0. The fraction of sp³-hybridized carbons (Fsp3) is 0.273. The van der Waals surface area contributed by atoms with E-state index in [0.29, 0.717) is 16.7 Å². The number of amides is 1. The maximum absolute atomic E-state index is 12.8. The molecule has 0 radical (unpaired) electrons. The fourth-order valence-corrected chi connectivity index (χ4v) is 3.18.